The molecule has 0 radical (unpaired) electrons. The molecule has 22 heavy (non-hydrogen) atoms. The molecule has 2 rings (SSSR count). The fraction of sp³-hybridized carbons (Fsp3) is 0.929. The van der Waals surface area contributed by atoms with E-state index in [1.165, 1.54) is 0 Å². The molecule has 1 aliphatic heterocycles. The van der Waals surface area contributed by atoms with E-state index in [0.29, 0.717) is 12.3 Å². The van der Waals surface area contributed by atoms with Gasteiger partial charge in [-0.15, -0.1) is 0 Å². The van der Waals surface area contributed by atoms with E-state index in [4.69, 9.17) is 0 Å². The lowest BCUT2D eigenvalue weighted by Crippen LogP contribution is -2.44. The SMILES string of the molecule is O=C(O)C1CC2CCCCC2N1CCOCC(F)(F)C(F)F. The molecule has 1 aliphatic carbocycles. The molecule has 1 saturated carbocycles. The standard InChI is InChI=1S/C14H21F4NO3/c15-13(16)14(17,18)8-22-6-5-19-10-4-2-1-3-9(10)7-11(19)12(20)21/h9-11,13H,1-8H2,(H,20,21). The van der Waals surface area contributed by atoms with E-state index in [1.54, 1.807) is 4.90 Å². The normalized spacial score (nSPS) is 29.8. The summed E-state index contributed by atoms with van der Waals surface area (Å²) >= 11 is 0. The summed E-state index contributed by atoms with van der Waals surface area (Å²) in [6, 6.07) is -0.499. The minimum Gasteiger partial charge on any atom is -0.480 e. The van der Waals surface area contributed by atoms with Crippen molar-refractivity contribution in [3.8, 4) is 0 Å². The van der Waals surface area contributed by atoms with Crippen molar-refractivity contribution in [1.82, 2.24) is 4.90 Å². The summed E-state index contributed by atoms with van der Waals surface area (Å²) in [5.74, 6) is -4.77. The quantitative estimate of drug-likeness (QED) is 0.577. The van der Waals surface area contributed by atoms with Crippen molar-refractivity contribution in [2.45, 2.75) is 56.5 Å². The molecule has 0 amide bonds. The Bertz CT molecular complexity index is 394. The largest absolute Gasteiger partial charge is 0.480 e. The molecule has 0 aromatic carbocycles. The number of aliphatic carboxylic acids is 1. The Labute approximate surface area is 126 Å². The van der Waals surface area contributed by atoms with Gasteiger partial charge in [0.05, 0.1) is 6.61 Å². The van der Waals surface area contributed by atoms with Gasteiger partial charge in [-0.25, -0.2) is 8.78 Å². The fourth-order valence-corrected chi connectivity index (χ4v) is 3.56. The Hall–Kier alpha value is -0.890. The zero-order valence-electron chi connectivity index (χ0n) is 12.2. The van der Waals surface area contributed by atoms with Gasteiger partial charge >= 0.3 is 18.3 Å². The maximum atomic E-state index is 12.7. The van der Waals surface area contributed by atoms with E-state index in [9.17, 15) is 27.5 Å². The number of carboxylic acids is 1. The van der Waals surface area contributed by atoms with Crippen molar-refractivity contribution in [3.63, 3.8) is 0 Å². The van der Waals surface area contributed by atoms with Crippen LogP contribution >= 0.6 is 0 Å². The molecule has 1 heterocycles. The van der Waals surface area contributed by atoms with Crippen molar-refractivity contribution < 1.29 is 32.2 Å². The Balaban J connectivity index is 1.85. The summed E-state index contributed by atoms with van der Waals surface area (Å²) in [5, 5.41) is 9.29. The van der Waals surface area contributed by atoms with Gasteiger partial charge in [0.2, 0.25) is 0 Å². The van der Waals surface area contributed by atoms with E-state index in [0.717, 1.165) is 25.7 Å². The van der Waals surface area contributed by atoms with Gasteiger partial charge in [-0.2, -0.15) is 8.78 Å². The molecule has 0 aromatic heterocycles. The molecule has 128 valence electrons. The summed E-state index contributed by atoms with van der Waals surface area (Å²) in [7, 11) is 0. The van der Waals surface area contributed by atoms with E-state index in [1.807, 2.05) is 0 Å². The summed E-state index contributed by atoms with van der Waals surface area (Å²) in [5.41, 5.74) is 0. The molecule has 8 heteroatoms. The van der Waals surface area contributed by atoms with Crippen LogP contribution < -0.4 is 0 Å². The monoisotopic (exact) mass is 327 g/mol. The first-order valence-corrected chi connectivity index (χ1v) is 7.55. The molecule has 3 atom stereocenters. The molecular formula is C14H21F4NO3. The number of halogens is 4. The van der Waals surface area contributed by atoms with Crippen LogP contribution in [0.15, 0.2) is 0 Å². The number of ether oxygens (including phenoxy) is 1. The fourth-order valence-electron chi connectivity index (χ4n) is 3.56. The zero-order valence-corrected chi connectivity index (χ0v) is 12.2. The van der Waals surface area contributed by atoms with Gasteiger partial charge in [0.15, 0.2) is 0 Å². The van der Waals surface area contributed by atoms with Crippen molar-refractivity contribution in [2.75, 3.05) is 19.8 Å². The maximum Gasteiger partial charge on any atom is 0.330 e. The van der Waals surface area contributed by atoms with Crippen LogP contribution in [-0.2, 0) is 9.53 Å². The predicted molar refractivity (Wildman–Crippen MR) is 70.3 cm³/mol. The van der Waals surface area contributed by atoms with Gasteiger partial charge in [-0.05, 0) is 25.2 Å². The second-order valence-corrected chi connectivity index (χ2v) is 6.05. The average Bonchev–Trinajstić information content (AvgIpc) is 2.82. The lowest BCUT2D eigenvalue weighted by atomic mass is 9.85. The number of rotatable bonds is 7. The molecule has 3 unspecified atom stereocenters. The molecule has 1 N–H and O–H groups in total. The summed E-state index contributed by atoms with van der Waals surface area (Å²) in [6.07, 6.45) is 0.783. The van der Waals surface area contributed by atoms with Gasteiger partial charge in [0, 0.05) is 12.6 Å². The molecule has 4 nitrogen and oxygen atoms in total. The lowest BCUT2D eigenvalue weighted by molar-refractivity contribution is -0.167. The van der Waals surface area contributed by atoms with Crippen LogP contribution in [-0.4, -0.2) is 60.2 Å². The maximum absolute atomic E-state index is 12.7. The van der Waals surface area contributed by atoms with Gasteiger partial charge in [-0.3, -0.25) is 9.69 Å². The van der Waals surface area contributed by atoms with E-state index >= 15 is 0 Å². The van der Waals surface area contributed by atoms with Crippen LogP contribution in [0.3, 0.4) is 0 Å². The second-order valence-electron chi connectivity index (χ2n) is 6.05. The highest BCUT2D eigenvalue weighted by molar-refractivity contribution is 5.74. The van der Waals surface area contributed by atoms with Crippen LogP contribution in [0.2, 0.25) is 0 Å². The van der Waals surface area contributed by atoms with Crippen molar-refractivity contribution >= 4 is 5.97 Å². The number of carboxylic acid groups (broad SMARTS) is 1. The molecule has 0 bridgehead atoms. The highest BCUT2D eigenvalue weighted by atomic mass is 19.3. The number of carbonyl (C=O) groups is 1. The van der Waals surface area contributed by atoms with Gasteiger partial charge in [-0.1, -0.05) is 12.8 Å². The minimum absolute atomic E-state index is 0.133. The molecule has 0 aromatic rings. The van der Waals surface area contributed by atoms with Crippen LogP contribution in [0.4, 0.5) is 17.6 Å². The summed E-state index contributed by atoms with van der Waals surface area (Å²) in [4.78, 5) is 13.1. The Morgan fingerprint density at radius 2 is 2.00 bits per heavy atom. The van der Waals surface area contributed by atoms with Gasteiger partial charge in [0.1, 0.15) is 12.6 Å². The first-order valence-electron chi connectivity index (χ1n) is 7.55. The average molecular weight is 327 g/mol. The number of fused-ring (bicyclic) bond motifs is 1. The zero-order chi connectivity index (χ0) is 16.3. The van der Waals surface area contributed by atoms with Gasteiger partial charge < -0.3 is 9.84 Å². The third-order valence-electron chi connectivity index (χ3n) is 4.61. The number of likely N-dealkylation sites (tertiary alicyclic amines) is 1. The Morgan fingerprint density at radius 1 is 1.32 bits per heavy atom. The van der Waals surface area contributed by atoms with E-state index in [2.05, 4.69) is 4.74 Å². The van der Waals surface area contributed by atoms with Crippen molar-refractivity contribution in [3.05, 3.63) is 0 Å². The van der Waals surface area contributed by atoms with Crippen LogP contribution in [0.25, 0.3) is 0 Å². The third kappa shape index (κ3) is 3.90. The highest BCUT2D eigenvalue weighted by Crippen LogP contribution is 2.39. The summed E-state index contributed by atoms with van der Waals surface area (Å²) in [6.45, 7) is -1.34. The van der Waals surface area contributed by atoms with Crippen molar-refractivity contribution in [1.29, 1.82) is 0 Å². The molecule has 2 aliphatic rings. The van der Waals surface area contributed by atoms with Crippen LogP contribution in [0.5, 0.6) is 0 Å². The third-order valence-corrected chi connectivity index (χ3v) is 4.61. The second kappa shape index (κ2) is 7.12. The minimum atomic E-state index is -4.16. The number of hydrogen-bond donors (Lipinski definition) is 1. The topological polar surface area (TPSA) is 49.8 Å². The van der Waals surface area contributed by atoms with Crippen LogP contribution in [0, 0.1) is 5.92 Å². The lowest BCUT2D eigenvalue weighted by Gasteiger charge is -2.32. The molecule has 2 fully saturated rings. The number of nitrogens with zero attached hydrogens (tertiary/aromatic N) is 1. The smallest absolute Gasteiger partial charge is 0.330 e. The number of alkyl halides is 4. The Kier molecular flexibility index (Phi) is 5.65. The molecule has 0 spiro atoms. The van der Waals surface area contributed by atoms with Crippen LogP contribution in [0.1, 0.15) is 32.1 Å². The molecule has 1 saturated heterocycles. The number of hydrogen-bond acceptors (Lipinski definition) is 3. The van der Waals surface area contributed by atoms with E-state index < -0.39 is 31.0 Å². The van der Waals surface area contributed by atoms with Gasteiger partial charge in [0.25, 0.3) is 0 Å². The summed E-state index contributed by atoms with van der Waals surface area (Å²) < 4.78 is 54.2. The first kappa shape index (κ1) is 17.5. The first-order chi connectivity index (χ1) is 10.3. The van der Waals surface area contributed by atoms with E-state index in [-0.39, 0.29) is 19.2 Å². The predicted octanol–water partition coefficient (Wildman–Crippen LogP) is 2.62. The van der Waals surface area contributed by atoms with Crippen molar-refractivity contribution in [2.24, 2.45) is 5.92 Å². The molecular weight excluding hydrogens is 306 g/mol. The highest BCUT2D eigenvalue weighted by Gasteiger charge is 2.45. The Morgan fingerprint density at radius 3 is 2.64 bits per heavy atom.